The number of hydrogen-bond donors (Lipinski definition) is 0. The molecule has 0 bridgehead atoms. The summed E-state index contributed by atoms with van der Waals surface area (Å²) in [7, 11) is 3.30. The van der Waals surface area contributed by atoms with Crippen molar-refractivity contribution < 1.29 is 9.47 Å². The minimum atomic E-state index is 0.273. The van der Waals surface area contributed by atoms with Crippen molar-refractivity contribution in [3.63, 3.8) is 0 Å². The zero-order chi connectivity index (χ0) is 16.3. The van der Waals surface area contributed by atoms with Gasteiger partial charge in [0.1, 0.15) is 0 Å². The first-order chi connectivity index (χ1) is 10.4. The van der Waals surface area contributed by atoms with Crippen LogP contribution in [0.5, 0.6) is 11.5 Å². The zero-order valence-corrected chi connectivity index (χ0v) is 15.5. The van der Waals surface area contributed by atoms with Crippen molar-refractivity contribution in [2.75, 3.05) is 14.2 Å². The molecule has 0 N–H and O–H groups in total. The highest BCUT2D eigenvalue weighted by Crippen LogP contribution is 2.44. The molecule has 1 unspecified atom stereocenters. The van der Waals surface area contributed by atoms with Gasteiger partial charge in [-0.15, -0.1) is 0 Å². The molecule has 0 aromatic heterocycles. The summed E-state index contributed by atoms with van der Waals surface area (Å²) in [5.74, 6) is 1.88. The fourth-order valence-corrected chi connectivity index (χ4v) is 3.89. The number of benzene rings is 1. The van der Waals surface area contributed by atoms with Gasteiger partial charge in [0.05, 0.1) is 18.7 Å². The van der Waals surface area contributed by atoms with Crippen molar-refractivity contribution in [1.29, 1.82) is 0 Å². The van der Waals surface area contributed by atoms with Gasteiger partial charge in [-0.3, -0.25) is 0 Å². The van der Waals surface area contributed by atoms with Gasteiger partial charge in [-0.1, -0.05) is 38.2 Å². The molecular formula is C19H25BrO2. The van der Waals surface area contributed by atoms with Crippen LogP contribution in [0.1, 0.15) is 38.7 Å². The van der Waals surface area contributed by atoms with Gasteiger partial charge in [-0.05, 0) is 58.3 Å². The summed E-state index contributed by atoms with van der Waals surface area (Å²) in [6, 6.07) is 3.98. The SMILES string of the molecule is C=C1CCCC(C)(C)C1/C=C/c1ccc(OC)c(OC)c1Br. The molecule has 1 aliphatic rings. The first-order valence-corrected chi connectivity index (χ1v) is 8.46. The molecule has 1 saturated carbocycles. The van der Waals surface area contributed by atoms with E-state index in [1.54, 1.807) is 14.2 Å². The third kappa shape index (κ3) is 3.40. The molecule has 0 radical (unpaired) electrons. The Morgan fingerprint density at radius 3 is 2.59 bits per heavy atom. The van der Waals surface area contributed by atoms with Crippen LogP contribution in [-0.4, -0.2) is 14.2 Å². The van der Waals surface area contributed by atoms with Crippen LogP contribution in [-0.2, 0) is 0 Å². The molecule has 0 amide bonds. The Morgan fingerprint density at radius 2 is 2.00 bits per heavy atom. The minimum absolute atomic E-state index is 0.273. The van der Waals surface area contributed by atoms with Crippen LogP contribution in [0.4, 0.5) is 0 Å². The second-order valence-corrected chi connectivity index (χ2v) is 7.33. The Morgan fingerprint density at radius 1 is 1.27 bits per heavy atom. The van der Waals surface area contributed by atoms with E-state index < -0.39 is 0 Å². The van der Waals surface area contributed by atoms with Crippen molar-refractivity contribution in [1.82, 2.24) is 0 Å². The maximum absolute atomic E-state index is 5.44. The van der Waals surface area contributed by atoms with Gasteiger partial charge in [0.15, 0.2) is 11.5 Å². The zero-order valence-electron chi connectivity index (χ0n) is 13.9. The number of halogens is 1. The molecule has 1 aromatic rings. The van der Waals surface area contributed by atoms with E-state index >= 15 is 0 Å². The smallest absolute Gasteiger partial charge is 0.175 e. The van der Waals surface area contributed by atoms with E-state index in [1.807, 2.05) is 12.1 Å². The highest BCUT2D eigenvalue weighted by Gasteiger charge is 2.32. The molecule has 2 rings (SSSR count). The summed E-state index contributed by atoms with van der Waals surface area (Å²) in [4.78, 5) is 0. The van der Waals surface area contributed by atoms with E-state index in [9.17, 15) is 0 Å². The lowest BCUT2D eigenvalue weighted by atomic mass is 9.66. The Labute approximate surface area is 142 Å². The predicted octanol–water partition coefficient (Wildman–Crippen LogP) is 5.86. The third-order valence-corrected chi connectivity index (χ3v) is 5.40. The molecule has 0 spiro atoms. The summed E-state index contributed by atoms with van der Waals surface area (Å²) >= 11 is 3.62. The van der Waals surface area contributed by atoms with Gasteiger partial charge in [-0.25, -0.2) is 0 Å². The van der Waals surface area contributed by atoms with Crippen molar-refractivity contribution >= 4 is 22.0 Å². The first-order valence-electron chi connectivity index (χ1n) is 7.67. The van der Waals surface area contributed by atoms with Crippen molar-refractivity contribution in [2.24, 2.45) is 11.3 Å². The van der Waals surface area contributed by atoms with Crippen LogP contribution in [0.15, 0.2) is 34.8 Å². The lowest BCUT2D eigenvalue weighted by Crippen LogP contribution is -2.27. The molecule has 2 nitrogen and oxygen atoms in total. The lowest BCUT2D eigenvalue weighted by molar-refractivity contribution is 0.229. The maximum atomic E-state index is 5.44. The third-order valence-electron chi connectivity index (χ3n) is 4.58. The second-order valence-electron chi connectivity index (χ2n) is 6.54. The Hall–Kier alpha value is -1.22. The van der Waals surface area contributed by atoms with Crippen LogP contribution < -0.4 is 9.47 Å². The van der Waals surface area contributed by atoms with E-state index in [0.29, 0.717) is 5.92 Å². The summed E-state index contributed by atoms with van der Waals surface area (Å²) in [6.45, 7) is 8.94. The largest absolute Gasteiger partial charge is 0.493 e. The second kappa shape index (κ2) is 6.91. The molecule has 0 saturated heterocycles. The van der Waals surface area contributed by atoms with E-state index in [2.05, 4.69) is 48.5 Å². The van der Waals surface area contributed by atoms with Crippen molar-refractivity contribution in [3.05, 3.63) is 40.4 Å². The number of rotatable bonds is 4. The Balaban J connectivity index is 2.32. The topological polar surface area (TPSA) is 18.5 Å². The first kappa shape index (κ1) is 17.1. The van der Waals surface area contributed by atoms with E-state index in [-0.39, 0.29) is 5.41 Å². The molecule has 3 heteroatoms. The quantitative estimate of drug-likeness (QED) is 0.622. The van der Waals surface area contributed by atoms with E-state index in [4.69, 9.17) is 9.47 Å². The van der Waals surface area contributed by atoms with Gasteiger partial charge in [0.2, 0.25) is 0 Å². The number of ether oxygens (including phenoxy) is 2. The summed E-state index contributed by atoms with van der Waals surface area (Å²) in [5, 5.41) is 0. The van der Waals surface area contributed by atoms with Crippen LogP contribution in [0.2, 0.25) is 0 Å². The molecule has 0 aliphatic heterocycles. The van der Waals surface area contributed by atoms with Crippen LogP contribution in [0.3, 0.4) is 0 Å². The molecule has 1 aliphatic carbocycles. The average molecular weight is 365 g/mol. The van der Waals surface area contributed by atoms with Crippen molar-refractivity contribution in [3.8, 4) is 11.5 Å². The predicted molar refractivity (Wildman–Crippen MR) is 96.5 cm³/mol. The summed E-state index contributed by atoms with van der Waals surface area (Å²) < 4.78 is 11.7. The van der Waals surface area contributed by atoms with E-state index in [0.717, 1.165) is 28.0 Å². The molecule has 1 fully saturated rings. The summed E-state index contributed by atoms with van der Waals surface area (Å²) in [6.07, 6.45) is 8.07. The maximum Gasteiger partial charge on any atom is 0.175 e. The minimum Gasteiger partial charge on any atom is -0.493 e. The monoisotopic (exact) mass is 364 g/mol. The van der Waals surface area contributed by atoms with Crippen LogP contribution >= 0.6 is 15.9 Å². The van der Waals surface area contributed by atoms with Gasteiger partial charge in [-0.2, -0.15) is 0 Å². The molecular weight excluding hydrogens is 340 g/mol. The molecule has 120 valence electrons. The number of hydrogen-bond acceptors (Lipinski definition) is 2. The highest BCUT2D eigenvalue weighted by molar-refractivity contribution is 9.10. The number of methoxy groups -OCH3 is 2. The lowest BCUT2D eigenvalue weighted by Gasteiger charge is -2.38. The Kier molecular flexibility index (Phi) is 5.38. The van der Waals surface area contributed by atoms with Gasteiger partial charge >= 0.3 is 0 Å². The average Bonchev–Trinajstić information content (AvgIpc) is 2.47. The molecule has 1 atom stereocenters. The molecule has 22 heavy (non-hydrogen) atoms. The molecule has 1 aromatic carbocycles. The number of allylic oxidation sites excluding steroid dienone is 2. The molecule has 0 heterocycles. The van der Waals surface area contributed by atoms with E-state index in [1.165, 1.54) is 18.4 Å². The van der Waals surface area contributed by atoms with Gasteiger partial charge in [0, 0.05) is 5.92 Å². The highest BCUT2D eigenvalue weighted by atomic mass is 79.9. The Bertz CT molecular complexity index is 587. The fraction of sp³-hybridized carbons (Fsp3) is 0.474. The van der Waals surface area contributed by atoms with Gasteiger partial charge < -0.3 is 9.47 Å². The van der Waals surface area contributed by atoms with Crippen LogP contribution in [0.25, 0.3) is 6.08 Å². The summed E-state index contributed by atoms with van der Waals surface area (Å²) in [5.41, 5.74) is 2.70. The standard InChI is InChI=1S/C19H25BrO2/c1-13-7-6-12-19(2,3)15(13)10-8-14-9-11-16(21-4)18(22-5)17(14)20/h8-11,15H,1,6-7,12H2,2-5H3/b10-8+. The van der Waals surface area contributed by atoms with Gasteiger partial charge in [0.25, 0.3) is 0 Å². The normalized spacial score (nSPS) is 21.1. The fourth-order valence-electron chi connectivity index (χ4n) is 3.26. The van der Waals surface area contributed by atoms with Crippen LogP contribution in [0, 0.1) is 11.3 Å². The van der Waals surface area contributed by atoms with Crippen molar-refractivity contribution in [2.45, 2.75) is 33.1 Å².